The summed E-state index contributed by atoms with van der Waals surface area (Å²) in [7, 11) is -3.87. The molecule has 0 aliphatic rings. The van der Waals surface area contributed by atoms with Gasteiger partial charge in [0.1, 0.15) is 12.3 Å². The van der Waals surface area contributed by atoms with E-state index in [1.54, 1.807) is 25.1 Å². The minimum Gasteiger partial charge on any atom is -0.492 e. The standard InChI is InChI=1S/C18H19F3N2O4S/c1-3-27-16-10-5-4-9-15(16)23(28(2,25)26)12-17(24)22-14-8-6-7-13(11-14)18(19,20)21/h4-11H,3,12H2,1-2H3,(H,22,24). The molecule has 0 aliphatic carbocycles. The fourth-order valence-corrected chi connectivity index (χ4v) is 3.29. The van der Waals surface area contributed by atoms with Crippen molar-refractivity contribution in [3.05, 3.63) is 54.1 Å². The number of nitrogens with one attached hydrogen (secondary N) is 1. The summed E-state index contributed by atoms with van der Waals surface area (Å²) in [4.78, 5) is 12.3. The van der Waals surface area contributed by atoms with Gasteiger partial charge in [-0.05, 0) is 37.3 Å². The largest absolute Gasteiger partial charge is 0.492 e. The van der Waals surface area contributed by atoms with Crippen LogP contribution in [0.5, 0.6) is 5.75 Å². The number of anilines is 2. The van der Waals surface area contributed by atoms with Crippen molar-refractivity contribution in [3.63, 3.8) is 0 Å². The Morgan fingerprint density at radius 3 is 2.43 bits per heavy atom. The predicted octanol–water partition coefficient (Wildman–Crippen LogP) is 3.51. The number of hydrogen-bond acceptors (Lipinski definition) is 4. The smallest absolute Gasteiger partial charge is 0.416 e. The third-order valence-corrected chi connectivity index (χ3v) is 4.72. The molecule has 152 valence electrons. The third-order valence-electron chi connectivity index (χ3n) is 3.59. The highest BCUT2D eigenvalue weighted by Crippen LogP contribution is 2.31. The third kappa shape index (κ3) is 5.62. The van der Waals surface area contributed by atoms with Gasteiger partial charge in [-0.25, -0.2) is 8.42 Å². The Kier molecular flexibility index (Phi) is 6.55. The van der Waals surface area contributed by atoms with Crippen LogP contribution in [0.4, 0.5) is 24.5 Å². The summed E-state index contributed by atoms with van der Waals surface area (Å²) in [5, 5.41) is 2.29. The lowest BCUT2D eigenvalue weighted by molar-refractivity contribution is -0.137. The molecule has 0 radical (unpaired) electrons. The van der Waals surface area contributed by atoms with Crippen molar-refractivity contribution in [2.24, 2.45) is 0 Å². The van der Waals surface area contributed by atoms with E-state index in [0.29, 0.717) is 0 Å². The van der Waals surface area contributed by atoms with Gasteiger partial charge in [0.2, 0.25) is 15.9 Å². The number of rotatable bonds is 7. The zero-order chi connectivity index (χ0) is 20.9. The zero-order valence-electron chi connectivity index (χ0n) is 15.2. The summed E-state index contributed by atoms with van der Waals surface area (Å²) < 4.78 is 69.0. The number of para-hydroxylation sites is 2. The summed E-state index contributed by atoms with van der Waals surface area (Å²) in [6, 6.07) is 10.3. The van der Waals surface area contributed by atoms with Gasteiger partial charge in [-0.1, -0.05) is 18.2 Å². The Morgan fingerprint density at radius 2 is 1.82 bits per heavy atom. The Hall–Kier alpha value is -2.75. The van der Waals surface area contributed by atoms with Gasteiger partial charge >= 0.3 is 6.18 Å². The molecule has 0 saturated heterocycles. The van der Waals surface area contributed by atoms with E-state index in [2.05, 4.69) is 5.32 Å². The van der Waals surface area contributed by atoms with Gasteiger partial charge in [0.15, 0.2) is 0 Å². The molecule has 2 aromatic rings. The van der Waals surface area contributed by atoms with Crippen molar-refractivity contribution < 1.29 is 31.1 Å². The molecule has 28 heavy (non-hydrogen) atoms. The first kappa shape index (κ1) is 21.5. The second kappa shape index (κ2) is 8.51. The summed E-state index contributed by atoms with van der Waals surface area (Å²) in [6.07, 6.45) is -3.64. The molecule has 0 bridgehead atoms. The second-order valence-electron chi connectivity index (χ2n) is 5.80. The molecule has 10 heteroatoms. The first-order valence-electron chi connectivity index (χ1n) is 8.19. The maximum Gasteiger partial charge on any atom is 0.416 e. The predicted molar refractivity (Wildman–Crippen MR) is 99.9 cm³/mol. The highest BCUT2D eigenvalue weighted by Gasteiger charge is 2.30. The van der Waals surface area contributed by atoms with E-state index in [0.717, 1.165) is 28.8 Å². The molecule has 2 rings (SSSR count). The van der Waals surface area contributed by atoms with Crippen LogP contribution in [-0.4, -0.2) is 33.7 Å². The summed E-state index contributed by atoms with van der Waals surface area (Å²) in [6.45, 7) is 1.38. The minimum atomic E-state index is -4.56. The van der Waals surface area contributed by atoms with Gasteiger partial charge in [-0.3, -0.25) is 9.10 Å². The minimum absolute atomic E-state index is 0.0913. The van der Waals surface area contributed by atoms with Crippen LogP contribution in [0.1, 0.15) is 12.5 Å². The van der Waals surface area contributed by atoms with Gasteiger partial charge < -0.3 is 10.1 Å². The van der Waals surface area contributed by atoms with Crippen LogP contribution >= 0.6 is 0 Å². The fraction of sp³-hybridized carbons (Fsp3) is 0.278. The Bertz CT molecular complexity index is 946. The molecule has 0 spiro atoms. The topological polar surface area (TPSA) is 75.7 Å². The molecule has 0 unspecified atom stereocenters. The number of halogens is 3. The molecule has 1 amide bonds. The van der Waals surface area contributed by atoms with Gasteiger partial charge in [0.05, 0.1) is 24.1 Å². The number of sulfonamides is 1. The number of ether oxygens (including phenoxy) is 1. The highest BCUT2D eigenvalue weighted by atomic mass is 32.2. The summed E-state index contributed by atoms with van der Waals surface area (Å²) in [5.74, 6) is -0.529. The maximum atomic E-state index is 12.8. The summed E-state index contributed by atoms with van der Waals surface area (Å²) in [5.41, 5.74) is -0.857. The zero-order valence-corrected chi connectivity index (χ0v) is 16.0. The lowest BCUT2D eigenvalue weighted by Crippen LogP contribution is -2.37. The SMILES string of the molecule is CCOc1ccccc1N(CC(=O)Nc1cccc(C(F)(F)F)c1)S(C)(=O)=O. The van der Waals surface area contributed by atoms with E-state index >= 15 is 0 Å². The molecule has 0 fully saturated rings. The quantitative estimate of drug-likeness (QED) is 0.750. The molecule has 6 nitrogen and oxygen atoms in total. The molecule has 0 aromatic heterocycles. The van der Waals surface area contributed by atoms with Crippen LogP contribution in [0.3, 0.4) is 0 Å². The second-order valence-corrected chi connectivity index (χ2v) is 7.70. The van der Waals surface area contributed by atoms with Crippen molar-refractivity contribution >= 4 is 27.3 Å². The van der Waals surface area contributed by atoms with Crippen molar-refractivity contribution in [3.8, 4) is 5.75 Å². The van der Waals surface area contributed by atoms with E-state index in [1.807, 2.05) is 0 Å². The molecule has 0 saturated carbocycles. The fourth-order valence-electron chi connectivity index (χ4n) is 2.43. The van der Waals surface area contributed by atoms with E-state index in [9.17, 15) is 26.4 Å². The highest BCUT2D eigenvalue weighted by molar-refractivity contribution is 7.92. The first-order valence-corrected chi connectivity index (χ1v) is 10.0. The number of benzene rings is 2. The first-order chi connectivity index (χ1) is 13.0. The molecule has 0 heterocycles. The average Bonchev–Trinajstić information content (AvgIpc) is 2.59. The van der Waals surface area contributed by atoms with Gasteiger partial charge in [0.25, 0.3) is 0 Å². The molecule has 2 aromatic carbocycles. The van der Waals surface area contributed by atoms with Crippen LogP contribution in [-0.2, 0) is 21.0 Å². The van der Waals surface area contributed by atoms with Crippen molar-refractivity contribution in [1.82, 2.24) is 0 Å². The summed E-state index contributed by atoms with van der Waals surface area (Å²) >= 11 is 0. The lowest BCUT2D eigenvalue weighted by atomic mass is 10.2. The van der Waals surface area contributed by atoms with E-state index < -0.39 is 34.2 Å². The Morgan fingerprint density at radius 1 is 1.14 bits per heavy atom. The van der Waals surface area contributed by atoms with E-state index in [4.69, 9.17) is 4.74 Å². The molecule has 0 atom stereocenters. The lowest BCUT2D eigenvalue weighted by Gasteiger charge is -2.24. The van der Waals surface area contributed by atoms with Crippen molar-refractivity contribution in [2.45, 2.75) is 13.1 Å². The normalized spacial score (nSPS) is 11.8. The number of nitrogens with zero attached hydrogens (tertiary/aromatic N) is 1. The van der Waals surface area contributed by atoms with Crippen LogP contribution < -0.4 is 14.4 Å². The van der Waals surface area contributed by atoms with Gasteiger partial charge in [0, 0.05) is 5.69 Å². The number of alkyl halides is 3. The Labute approximate surface area is 161 Å². The van der Waals surface area contributed by atoms with Crippen molar-refractivity contribution in [1.29, 1.82) is 0 Å². The number of carbonyl (C=O) groups excluding carboxylic acids is 1. The number of hydrogen-bond donors (Lipinski definition) is 1. The van der Waals surface area contributed by atoms with Crippen LogP contribution in [0.25, 0.3) is 0 Å². The molecule has 1 N–H and O–H groups in total. The number of amides is 1. The number of carbonyl (C=O) groups is 1. The molecule has 0 aliphatic heterocycles. The monoisotopic (exact) mass is 416 g/mol. The van der Waals surface area contributed by atoms with Gasteiger partial charge in [-0.15, -0.1) is 0 Å². The molecular formula is C18H19F3N2O4S. The van der Waals surface area contributed by atoms with Gasteiger partial charge in [-0.2, -0.15) is 13.2 Å². The van der Waals surface area contributed by atoms with E-state index in [-0.39, 0.29) is 23.7 Å². The van der Waals surface area contributed by atoms with Crippen LogP contribution in [0.2, 0.25) is 0 Å². The Balaban J connectivity index is 2.26. The van der Waals surface area contributed by atoms with Crippen molar-refractivity contribution in [2.75, 3.05) is 29.0 Å². The average molecular weight is 416 g/mol. The molecular weight excluding hydrogens is 397 g/mol. The van der Waals surface area contributed by atoms with Crippen LogP contribution in [0.15, 0.2) is 48.5 Å². The van der Waals surface area contributed by atoms with Crippen LogP contribution in [0, 0.1) is 0 Å². The van der Waals surface area contributed by atoms with E-state index in [1.165, 1.54) is 12.1 Å². The maximum absolute atomic E-state index is 12.8.